The number of aryl methyl sites for hydroxylation is 1. The van der Waals surface area contributed by atoms with Crippen LogP contribution in [-0.2, 0) is 11.8 Å². The van der Waals surface area contributed by atoms with Crippen LogP contribution in [0.3, 0.4) is 0 Å². The molecule has 3 aromatic rings. The summed E-state index contributed by atoms with van der Waals surface area (Å²) in [6, 6.07) is 4.01. The molecule has 9 nitrogen and oxygen atoms in total. The number of hydrogen-bond donors (Lipinski definition) is 3. The van der Waals surface area contributed by atoms with Crippen LogP contribution in [0.25, 0.3) is 10.9 Å². The molecule has 0 bridgehead atoms. The van der Waals surface area contributed by atoms with Crippen molar-refractivity contribution in [2.75, 3.05) is 17.7 Å². The molecule has 1 amide bonds. The fourth-order valence-corrected chi connectivity index (χ4v) is 3.78. The van der Waals surface area contributed by atoms with Gasteiger partial charge in [-0.15, -0.1) is 0 Å². The number of nitrogens with zero attached hydrogens (tertiary/aromatic N) is 3. The number of pyridine rings is 1. The normalized spacial score (nSPS) is 14.6. The number of carbonyl (C=O) groups excluding carboxylic acids is 2. The Bertz CT molecular complexity index is 1300. The van der Waals surface area contributed by atoms with Gasteiger partial charge in [-0.05, 0) is 18.9 Å². The van der Waals surface area contributed by atoms with Crippen LogP contribution in [0, 0.1) is 5.92 Å². The van der Waals surface area contributed by atoms with Crippen LogP contribution in [0.4, 0.5) is 30.5 Å². The fourth-order valence-electron chi connectivity index (χ4n) is 3.78. The maximum Gasteiger partial charge on any atom is 0.418 e. The van der Waals surface area contributed by atoms with Gasteiger partial charge in [-0.1, -0.05) is 13.0 Å². The summed E-state index contributed by atoms with van der Waals surface area (Å²) < 4.78 is 46.5. The van der Waals surface area contributed by atoms with Crippen molar-refractivity contribution < 1.29 is 32.6 Å². The standard InChI is InChI=1S/C23H24F3N5O4/c1-4-16(32)13-10-27-17(29-22(34)11-5-6-11)9-14(13)28-21-18-15(31(2)30-21)8-7-12(19(18)35-3)20(33)23(24,25)26/h7-11,20,33H,4-6H2,1-3H3,(H2,27,28,29,30,34)/t20-/m0/s1. The number of amides is 1. The van der Waals surface area contributed by atoms with Crippen molar-refractivity contribution in [3.8, 4) is 5.75 Å². The molecule has 0 spiro atoms. The van der Waals surface area contributed by atoms with Crippen LogP contribution in [0.15, 0.2) is 24.4 Å². The van der Waals surface area contributed by atoms with E-state index in [2.05, 4.69) is 20.7 Å². The lowest BCUT2D eigenvalue weighted by Crippen LogP contribution is -2.20. The molecule has 1 saturated carbocycles. The van der Waals surface area contributed by atoms with Crippen molar-refractivity contribution in [1.82, 2.24) is 14.8 Å². The molecular weight excluding hydrogens is 467 g/mol. The van der Waals surface area contributed by atoms with Crippen molar-refractivity contribution in [2.24, 2.45) is 13.0 Å². The zero-order valence-electron chi connectivity index (χ0n) is 19.2. The second-order valence-electron chi connectivity index (χ2n) is 8.28. The molecule has 0 unspecified atom stereocenters. The molecule has 4 rings (SSSR count). The summed E-state index contributed by atoms with van der Waals surface area (Å²) in [6.07, 6.45) is -4.56. The first-order valence-corrected chi connectivity index (χ1v) is 10.9. The number of ketones is 1. The SMILES string of the molecule is CCC(=O)c1cnc(NC(=O)C2CC2)cc1Nc1nn(C)c2ccc([C@H](O)C(F)(F)F)c(OC)c12. The van der Waals surface area contributed by atoms with E-state index >= 15 is 0 Å². The number of carbonyl (C=O) groups is 2. The summed E-state index contributed by atoms with van der Waals surface area (Å²) >= 11 is 0. The van der Waals surface area contributed by atoms with E-state index in [0.717, 1.165) is 18.9 Å². The van der Waals surface area contributed by atoms with Crippen LogP contribution in [0.2, 0.25) is 0 Å². The minimum atomic E-state index is -4.91. The zero-order valence-corrected chi connectivity index (χ0v) is 19.2. The number of rotatable bonds is 8. The largest absolute Gasteiger partial charge is 0.496 e. The van der Waals surface area contributed by atoms with Crippen LogP contribution >= 0.6 is 0 Å². The van der Waals surface area contributed by atoms with Crippen molar-refractivity contribution in [3.05, 3.63) is 35.5 Å². The summed E-state index contributed by atoms with van der Waals surface area (Å²) in [5.41, 5.74) is 0.450. The smallest absolute Gasteiger partial charge is 0.418 e. The van der Waals surface area contributed by atoms with Gasteiger partial charge in [0.15, 0.2) is 17.7 Å². The summed E-state index contributed by atoms with van der Waals surface area (Å²) in [4.78, 5) is 28.9. The number of nitrogens with one attached hydrogen (secondary N) is 2. The number of hydrogen-bond acceptors (Lipinski definition) is 7. The third kappa shape index (κ3) is 4.78. The Morgan fingerprint density at radius 3 is 2.63 bits per heavy atom. The van der Waals surface area contributed by atoms with Gasteiger partial charge in [-0.3, -0.25) is 14.3 Å². The van der Waals surface area contributed by atoms with Gasteiger partial charge >= 0.3 is 6.18 Å². The van der Waals surface area contributed by atoms with Gasteiger partial charge in [-0.25, -0.2) is 4.98 Å². The number of Topliss-reactive ketones (excluding diaryl/α,β-unsaturated/α-hetero) is 1. The number of benzene rings is 1. The van der Waals surface area contributed by atoms with Gasteiger partial charge in [0.2, 0.25) is 5.91 Å². The van der Waals surface area contributed by atoms with E-state index < -0.39 is 17.8 Å². The average Bonchev–Trinajstić information content (AvgIpc) is 3.62. The van der Waals surface area contributed by atoms with E-state index in [1.165, 1.54) is 30.1 Å². The topological polar surface area (TPSA) is 118 Å². The van der Waals surface area contributed by atoms with Crippen molar-refractivity contribution in [1.29, 1.82) is 0 Å². The molecule has 0 radical (unpaired) electrons. The molecule has 186 valence electrons. The van der Waals surface area contributed by atoms with E-state index in [1.807, 2.05) is 0 Å². The molecule has 1 atom stereocenters. The Hall–Kier alpha value is -3.67. The zero-order chi connectivity index (χ0) is 25.5. The predicted octanol–water partition coefficient (Wildman–Crippen LogP) is 4.26. The van der Waals surface area contributed by atoms with Gasteiger partial charge in [0.05, 0.1) is 29.3 Å². The monoisotopic (exact) mass is 491 g/mol. The van der Waals surface area contributed by atoms with Crippen molar-refractivity contribution in [3.63, 3.8) is 0 Å². The maximum atomic E-state index is 13.3. The average molecular weight is 491 g/mol. The fraction of sp³-hybridized carbons (Fsp3) is 0.391. The Kier molecular flexibility index (Phi) is 6.41. The van der Waals surface area contributed by atoms with Gasteiger partial charge in [-0.2, -0.15) is 18.3 Å². The summed E-state index contributed by atoms with van der Waals surface area (Å²) in [5.74, 6) is -0.353. The lowest BCUT2D eigenvalue weighted by atomic mass is 10.0. The van der Waals surface area contributed by atoms with E-state index in [1.54, 1.807) is 14.0 Å². The molecule has 2 aromatic heterocycles. The van der Waals surface area contributed by atoms with E-state index in [9.17, 15) is 27.9 Å². The third-order valence-electron chi connectivity index (χ3n) is 5.79. The van der Waals surface area contributed by atoms with Crippen molar-refractivity contribution >= 4 is 39.9 Å². The number of anilines is 3. The third-order valence-corrected chi connectivity index (χ3v) is 5.79. The molecule has 0 aliphatic heterocycles. The summed E-state index contributed by atoms with van der Waals surface area (Å²) in [5, 5.41) is 20.1. The van der Waals surface area contributed by atoms with Gasteiger partial charge in [0.1, 0.15) is 11.6 Å². The lowest BCUT2D eigenvalue weighted by Gasteiger charge is -2.18. The minimum Gasteiger partial charge on any atom is -0.496 e. The molecule has 1 fully saturated rings. The summed E-state index contributed by atoms with van der Waals surface area (Å²) in [7, 11) is 2.79. The highest BCUT2D eigenvalue weighted by Gasteiger charge is 2.41. The van der Waals surface area contributed by atoms with Crippen LogP contribution in [0.5, 0.6) is 5.75 Å². The Morgan fingerprint density at radius 1 is 1.31 bits per heavy atom. The highest BCUT2D eigenvalue weighted by molar-refractivity contribution is 6.04. The van der Waals surface area contributed by atoms with Crippen LogP contribution in [0.1, 0.15) is 48.2 Å². The highest BCUT2D eigenvalue weighted by Crippen LogP contribution is 2.43. The molecule has 12 heteroatoms. The van der Waals surface area contributed by atoms with E-state index in [-0.39, 0.29) is 58.1 Å². The molecule has 2 heterocycles. The maximum absolute atomic E-state index is 13.3. The molecule has 0 saturated heterocycles. The van der Waals surface area contributed by atoms with E-state index in [4.69, 9.17) is 4.74 Å². The molecule has 35 heavy (non-hydrogen) atoms. The Morgan fingerprint density at radius 2 is 2.03 bits per heavy atom. The van der Waals surface area contributed by atoms with Gasteiger partial charge < -0.3 is 20.5 Å². The number of aromatic nitrogens is 3. The second kappa shape index (κ2) is 9.17. The number of ether oxygens (including phenoxy) is 1. The number of halogens is 3. The van der Waals surface area contributed by atoms with Gasteiger partial charge in [0, 0.05) is 37.2 Å². The first-order valence-electron chi connectivity index (χ1n) is 10.9. The molecular formula is C23H24F3N5O4. The highest BCUT2D eigenvalue weighted by atomic mass is 19.4. The Balaban J connectivity index is 1.82. The molecule has 3 N–H and O–H groups in total. The van der Waals surface area contributed by atoms with Gasteiger partial charge in [0.25, 0.3) is 0 Å². The lowest BCUT2D eigenvalue weighted by molar-refractivity contribution is -0.207. The molecule has 1 aliphatic carbocycles. The van der Waals surface area contributed by atoms with Crippen LogP contribution < -0.4 is 15.4 Å². The number of fused-ring (bicyclic) bond motifs is 1. The first kappa shape index (κ1) is 24.5. The molecule has 1 aliphatic rings. The first-order chi connectivity index (χ1) is 16.5. The predicted molar refractivity (Wildman–Crippen MR) is 122 cm³/mol. The number of methoxy groups -OCH3 is 1. The van der Waals surface area contributed by atoms with Crippen molar-refractivity contribution in [2.45, 2.75) is 38.5 Å². The van der Waals surface area contributed by atoms with E-state index in [0.29, 0.717) is 5.52 Å². The summed E-state index contributed by atoms with van der Waals surface area (Å²) in [6.45, 7) is 1.68. The number of aliphatic hydroxyl groups is 1. The minimum absolute atomic E-state index is 0.0624. The van der Waals surface area contributed by atoms with Crippen LogP contribution in [-0.4, -0.2) is 44.8 Å². The molecule has 1 aromatic carbocycles. The second-order valence-corrected chi connectivity index (χ2v) is 8.28. The Labute approximate surface area is 198 Å². The number of aliphatic hydroxyl groups excluding tert-OH is 1. The number of alkyl halides is 3. The quantitative estimate of drug-likeness (QED) is 0.403.